The number of nitrogens with zero attached hydrogens (tertiary/aromatic N) is 1. The van der Waals surface area contributed by atoms with Crippen LogP contribution < -0.4 is 10.1 Å². The molecule has 0 saturated carbocycles. The van der Waals surface area contributed by atoms with Crippen molar-refractivity contribution < 1.29 is 13.9 Å². The number of halogens is 1. The molecule has 0 radical (unpaired) electrons. The van der Waals surface area contributed by atoms with E-state index >= 15 is 0 Å². The number of hydrogen-bond acceptors (Lipinski definition) is 4. The number of nitrogens with one attached hydrogen (secondary N) is 1. The molecule has 0 spiro atoms. The van der Waals surface area contributed by atoms with E-state index in [0.717, 1.165) is 5.56 Å². The van der Waals surface area contributed by atoms with Crippen LogP contribution in [0.4, 0.5) is 5.69 Å². The number of furan rings is 1. The smallest absolute Gasteiger partial charge is 0.257 e. The van der Waals surface area contributed by atoms with Crippen LogP contribution in [-0.2, 0) is 6.61 Å². The van der Waals surface area contributed by atoms with Crippen LogP contribution >= 0.6 is 11.6 Å². The number of anilines is 1. The molecule has 0 aliphatic carbocycles. The Bertz CT molecular complexity index is 847. The third kappa shape index (κ3) is 3.75. The van der Waals surface area contributed by atoms with E-state index < -0.39 is 0 Å². The zero-order valence-electron chi connectivity index (χ0n) is 13.0. The molecule has 1 N–H and O–H groups in total. The first-order valence-corrected chi connectivity index (χ1v) is 7.68. The van der Waals surface area contributed by atoms with Crippen molar-refractivity contribution in [3.05, 3.63) is 77.0 Å². The Kier molecular flexibility index (Phi) is 4.82. The Morgan fingerprint density at radius 3 is 2.92 bits per heavy atom. The molecule has 0 fully saturated rings. The van der Waals surface area contributed by atoms with E-state index in [4.69, 9.17) is 20.8 Å². The van der Waals surface area contributed by atoms with Gasteiger partial charge in [0.25, 0.3) is 5.91 Å². The van der Waals surface area contributed by atoms with Gasteiger partial charge in [0.05, 0.1) is 16.8 Å². The summed E-state index contributed by atoms with van der Waals surface area (Å²) in [5, 5.41) is 3.20. The van der Waals surface area contributed by atoms with E-state index in [1.807, 2.05) is 13.0 Å². The maximum atomic E-state index is 12.3. The summed E-state index contributed by atoms with van der Waals surface area (Å²) in [5.74, 6) is 0.986. The number of pyridine rings is 1. The first-order chi connectivity index (χ1) is 11.6. The van der Waals surface area contributed by atoms with Gasteiger partial charge < -0.3 is 14.5 Å². The van der Waals surface area contributed by atoms with Crippen LogP contribution in [0.2, 0.25) is 5.02 Å². The van der Waals surface area contributed by atoms with Gasteiger partial charge in [0.2, 0.25) is 0 Å². The van der Waals surface area contributed by atoms with Gasteiger partial charge in [-0.1, -0.05) is 11.6 Å². The minimum atomic E-state index is -0.235. The Balaban J connectivity index is 1.68. The zero-order chi connectivity index (χ0) is 16.9. The summed E-state index contributed by atoms with van der Waals surface area (Å²) >= 11 is 6.21. The SMILES string of the molecule is Cc1ccncc1C(=O)Nc1ccc(OCc2ccco2)c(Cl)c1. The lowest BCUT2D eigenvalue weighted by Crippen LogP contribution is -2.13. The molecule has 2 aromatic heterocycles. The molecule has 0 atom stereocenters. The third-order valence-electron chi connectivity index (χ3n) is 3.42. The van der Waals surface area contributed by atoms with Crippen molar-refractivity contribution in [2.75, 3.05) is 5.32 Å². The molecule has 1 aromatic carbocycles. The Labute approximate surface area is 144 Å². The number of carbonyl (C=O) groups excluding carboxylic acids is 1. The highest BCUT2D eigenvalue weighted by Crippen LogP contribution is 2.28. The van der Waals surface area contributed by atoms with E-state index in [1.54, 1.807) is 42.8 Å². The number of rotatable bonds is 5. The Morgan fingerprint density at radius 1 is 1.33 bits per heavy atom. The van der Waals surface area contributed by atoms with Gasteiger partial charge >= 0.3 is 0 Å². The lowest BCUT2D eigenvalue weighted by Gasteiger charge is -2.10. The van der Waals surface area contributed by atoms with Crippen molar-refractivity contribution in [3.8, 4) is 5.75 Å². The zero-order valence-corrected chi connectivity index (χ0v) is 13.7. The number of benzene rings is 1. The first-order valence-electron chi connectivity index (χ1n) is 7.30. The molecular formula is C18H15ClN2O3. The molecule has 0 aliphatic heterocycles. The van der Waals surface area contributed by atoms with E-state index in [-0.39, 0.29) is 12.5 Å². The van der Waals surface area contributed by atoms with Crippen LogP contribution in [0.25, 0.3) is 0 Å². The lowest BCUT2D eigenvalue weighted by molar-refractivity contribution is 0.102. The second-order valence-electron chi connectivity index (χ2n) is 5.16. The Morgan fingerprint density at radius 2 is 2.21 bits per heavy atom. The molecule has 5 nitrogen and oxygen atoms in total. The molecule has 0 aliphatic rings. The van der Waals surface area contributed by atoms with Crippen molar-refractivity contribution in [2.45, 2.75) is 13.5 Å². The summed E-state index contributed by atoms with van der Waals surface area (Å²) in [5.41, 5.74) is 1.96. The highest BCUT2D eigenvalue weighted by Gasteiger charge is 2.11. The van der Waals surface area contributed by atoms with E-state index in [0.29, 0.717) is 27.8 Å². The summed E-state index contributed by atoms with van der Waals surface area (Å²) in [6.07, 6.45) is 4.76. The van der Waals surface area contributed by atoms with Crippen LogP contribution in [-0.4, -0.2) is 10.9 Å². The van der Waals surface area contributed by atoms with E-state index in [2.05, 4.69) is 10.3 Å². The predicted octanol–water partition coefficient (Wildman–Crippen LogP) is 4.47. The summed E-state index contributed by atoms with van der Waals surface area (Å²) in [7, 11) is 0. The van der Waals surface area contributed by atoms with Gasteiger partial charge in [0, 0.05) is 18.1 Å². The van der Waals surface area contributed by atoms with Crippen LogP contribution in [0, 0.1) is 6.92 Å². The average molecular weight is 343 g/mol. The molecule has 6 heteroatoms. The summed E-state index contributed by atoms with van der Waals surface area (Å²) in [6.45, 7) is 2.14. The molecule has 3 aromatic rings. The molecule has 24 heavy (non-hydrogen) atoms. The molecule has 3 rings (SSSR count). The fourth-order valence-corrected chi connectivity index (χ4v) is 2.37. The van der Waals surface area contributed by atoms with E-state index in [1.165, 1.54) is 6.20 Å². The molecular weight excluding hydrogens is 328 g/mol. The van der Waals surface area contributed by atoms with Crippen LogP contribution in [0.3, 0.4) is 0 Å². The maximum absolute atomic E-state index is 12.3. The second-order valence-corrected chi connectivity index (χ2v) is 5.57. The third-order valence-corrected chi connectivity index (χ3v) is 3.72. The fourth-order valence-electron chi connectivity index (χ4n) is 2.14. The maximum Gasteiger partial charge on any atom is 0.257 e. The summed E-state index contributed by atoms with van der Waals surface area (Å²) in [4.78, 5) is 16.2. The van der Waals surface area contributed by atoms with Gasteiger partial charge in [-0.25, -0.2) is 0 Å². The van der Waals surface area contributed by atoms with Gasteiger partial charge in [0.1, 0.15) is 18.1 Å². The van der Waals surface area contributed by atoms with Crippen molar-refractivity contribution in [3.63, 3.8) is 0 Å². The highest BCUT2D eigenvalue weighted by molar-refractivity contribution is 6.32. The first kappa shape index (κ1) is 16.1. The Hall–Kier alpha value is -2.79. The number of hydrogen-bond donors (Lipinski definition) is 1. The summed E-state index contributed by atoms with van der Waals surface area (Å²) in [6, 6.07) is 10.5. The second kappa shape index (κ2) is 7.19. The summed E-state index contributed by atoms with van der Waals surface area (Å²) < 4.78 is 10.8. The minimum absolute atomic E-state index is 0.235. The van der Waals surface area contributed by atoms with Gasteiger partial charge in [-0.2, -0.15) is 0 Å². The lowest BCUT2D eigenvalue weighted by atomic mass is 10.1. The van der Waals surface area contributed by atoms with Crippen molar-refractivity contribution in [2.24, 2.45) is 0 Å². The van der Waals surface area contributed by atoms with E-state index in [9.17, 15) is 4.79 Å². The highest BCUT2D eigenvalue weighted by atomic mass is 35.5. The quantitative estimate of drug-likeness (QED) is 0.743. The van der Waals surface area contributed by atoms with Gasteiger partial charge in [-0.3, -0.25) is 9.78 Å². The number of amides is 1. The van der Waals surface area contributed by atoms with Gasteiger partial charge in [0.15, 0.2) is 0 Å². The molecule has 2 heterocycles. The predicted molar refractivity (Wildman–Crippen MR) is 91.4 cm³/mol. The van der Waals surface area contributed by atoms with Crippen LogP contribution in [0.1, 0.15) is 21.7 Å². The largest absolute Gasteiger partial charge is 0.484 e. The molecule has 0 saturated heterocycles. The molecule has 1 amide bonds. The fraction of sp³-hybridized carbons (Fsp3) is 0.111. The van der Waals surface area contributed by atoms with Gasteiger partial charge in [-0.05, 0) is 48.9 Å². The standard InChI is InChI=1S/C18H15ClN2O3/c1-12-6-7-20-10-15(12)18(22)21-13-4-5-17(16(19)9-13)24-11-14-3-2-8-23-14/h2-10H,11H2,1H3,(H,21,22). The van der Waals surface area contributed by atoms with Crippen molar-refractivity contribution in [1.29, 1.82) is 0 Å². The molecule has 0 bridgehead atoms. The van der Waals surface area contributed by atoms with Crippen LogP contribution in [0.5, 0.6) is 5.75 Å². The average Bonchev–Trinajstić information content (AvgIpc) is 3.08. The topological polar surface area (TPSA) is 64.4 Å². The molecule has 0 unspecified atom stereocenters. The van der Waals surface area contributed by atoms with Gasteiger partial charge in [-0.15, -0.1) is 0 Å². The normalized spacial score (nSPS) is 10.4. The number of aromatic nitrogens is 1. The number of aryl methyl sites for hydroxylation is 1. The number of ether oxygens (including phenoxy) is 1. The monoisotopic (exact) mass is 342 g/mol. The van der Waals surface area contributed by atoms with Crippen molar-refractivity contribution in [1.82, 2.24) is 4.98 Å². The van der Waals surface area contributed by atoms with Crippen LogP contribution in [0.15, 0.2) is 59.5 Å². The van der Waals surface area contributed by atoms with Crippen molar-refractivity contribution >= 4 is 23.2 Å². The minimum Gasteiger partial charge on any atom is -0.484 e. The number of carbonyl (C=O) groups is 1. The molecule has 122 valence electrons.